The smallest absolute Gasteiger partial charge is 0.0992 e. The van der Waals surface area contributed by atoms with Crippen LogP contribution in [0.4, 0.5) is 11.4 Å². The Bertz CT molecular complexity index is 377. The van der Waals surface area contributed by atoms with Crippen LogP contribution in [-0.2, 0) is 0 Å². The number of anilines is 2. The lowest BCUT2D eigenvalue weighted by Crippen LogP contribution is -2.22. The quantitative estimate of drug-likeness (QED) is 0.742. The van der Waals surface area contributed by atoms with Crippen LogP contribution in [-0.4, -0.2) is 6.04 Å². The van der Waals surface area contributed by atoms with Crippen molar-refractivity contribution in [3.63, 3.8) is 0 Å². The van der Waals surface area contributed by atoms with E-state index >= 15 is 0 Å². The standard InChI is InChI=1S/C12H17N3/c1-8(2)9(3)15-12-5-4-10(7-13)6-11(12)14/h4-6,8-9,15H,14H2,1-3H3. The molecular weight excluding hydrogens is 186 g/mol. The van der Waals surface area contributed by atoms with Crippen molar-refractivity contribution in [1.82, 2.24) is 0 Å². The Balaban J connectivity index is 2.84. The van der Waals surface area contributed by atoms with Crippen LogP contribution >= 0.6 is 0 Å². The molecule has 15 heavy (non-hydrogen) atoms. The van der Waals surface area contributed by atoms with E-state index in [9.17, 15) is 0 Å². The van der Waals surface area contributed by atoms with Crippen molar-refractivity contribution in [1.29, 1.82) is 5.26 Å². The van der Waals surface area contributed by atoms with E-state index < -0.39 is 0 Å². The van der Waals surface area contributed by atoms with Gasteiger partial charge in [0.05, 0.1) is 23.0 Å². The Morgan fingerprint density at radius 3 is 2.47 bits per heavy atom. The third-order valence-electron chi connectivity index (χ3n) is 2.56. The summed E-state index contributed by atoms with van der Waals surface area (Å²) >= 11 is 0. The SMILES string of the molecule is CC(C)C(C)Nc1ccc(C#N)cc1N. The summed E-state index contributed by atoms with van der Waals surface area (Å²) in [5.41, 5.74) is 7.95. The van der Waals surface area contributed by atoms with Gasteiger partial charge in [0.15, 0.2) is 0 Å². The van der Waals surface area contributed by atoms with Gasteiger partial charge in [-0.25, -0.2) is 0 Å². The van der Waals surface area contributed by atoms with Crippen LogP contribution in [0, 0.1) is 17.2 Å². The van der Waals surface area contributed by atoms with Crippen LogP contribution in [0.1, 0.15) is 26.3 Å². The minimum absolute atomic E-state index is 0.361. The van der Waals surface area contributed by atoms with Gasteiger partial charge in [-0.1, -0.05) is 13.8 Å². The second-order valence-electron chi connectivity index (χ2n) is 4.09. The van der Waals surface area contributed by atoms with Gasteiger partial charge in [0.1, 0.15) is 0 Å². The highest BCUT2D eigenvalue weighted by atomic mass is 14.9. The predicted molar refractivity (Wildman–Crippen MR) is 63.5 cm³/mol. The maximum Gasteiger partial charge on any atom is 0.0992 e. The van der Waals surface area contributed by atoms with Gasteiger partial charge in [0.25, 0.3) is 0 Å². The number of nitrogen functional groups attached to an aromatic ring is 1. The van der Waals surface area contributed by atoms with Crippen molar-refractivity contribution >= 4 is 11.4 Å². The molecule has 1 rings (SSSR count). The van der Waals surface area contributed by atoms with Crippen LogP contribution in [0.3, 0.4) is 0 Å². The number of hydrogen-bond acceptors (Lipinski definition) is 3. The second kappa shape index (κ2) is 4.70. The number of benzene rings is 1. The fraction of sp³-hybridized carbons (Fsp3) is 0.417. The van der Waals surface area contributed by atoms with Gasteiger partial charge < -0.3 is 11.1 Å². The van der Waals surface area contributed by atoms with Gasteiger partial charge in [-0.2, -0.15) is 5.26 Å². The first-order valence-electron chi connectivity index (χ1n) is 5.10. The van der Waals surface area contributed by atoms with Crippen molar-refractivity contribution in [2.45, 2.75) is 26.8 Å². The zero-order valence-corrected chi connectivity index (χ0v) is 9.41. The van der Waals surface area contributed by atoms with E-state index in [-0.39, 0.29) is 0 Å². The largest absolute Gasteiger partial charge is 0.397 e. The van der Waals surface area contributed by atoms with Crippen molar-refractivity contribution in [3.05, 3.63) is 23.8 Å². The minimum Gasteiger partial charge on any atom is -0.397 e. The summed E-state index contributed by atoms with van der Waals surface area (Å²) in [5.74, 6) is 0.542. The third-order valence-corrected chi connectivity index (χ3v) is 2.56. The molecule has 0 aliphatic heterocycles. The summed E-state index contributed by atoms with van der Waals surface area (Å²) in [7, 11) is 0. The summed E-state index contributed by atoms with van der Waals surface area (Å²) in [6, 6.07) is 7.74. The molecule has 0 aromatic heterocycles. The van der Waals surface area contributed by atoms with Gasteiger partial charge in [-0.3, -0.25) is 0 Å². The average Bonchev–Trinajstić information content (AvgIpc) is 2.20. The molecule has 1 unspecified atom stereocenters. The van der Waals surface area contributed by atoms with E-state index in [2.05, 4.69) is 32.2 Å². The lowest BCUT2D eigenvalue weighted by molar-refractivity contribution is 0.560. The molecule has 0 heterocycles. The van der Waals surface area contributed by atoms with Gasteiger partial charge in [-0.05, 0) is 31.0 Å². The molecule has 1 aromatic carbocycles. The van der Waals surface area contributed by atoms with Crippen LogP contribution in [0.2, 0.25) is 0 Å². The van der Waals surface area contributed by atoms with E-state index in [4.69, 9.17) is 11.0 Å². The molecule has 0 fully saturated rings. The molecule has 0 bridgehead atoms. The molecule has 0 saturated heterocycles. The van der Waals surface area contributed by atoms with Gasteiger partial charge in [0.2, 0.25) is 0 Å². The molecule has 0 spiro atoms. The number of hydrogen-bond donors (Lipinski definition) is 2. The van der Waals surface area contributed by atoms with Crippen LogP contribution < -0.4 is 11.1 Å². The van der Waals surface area contributed by atoms with Crippen molar-refractivity contribution in [2.75, 3.05) is 11.1 Å². The highest BCUT2D eigenvalue weighted by Gasteiger charge is 2.08. The fourth-order valence-electron chi connectivity index (χ4n) is 1.18. The predicted octanol–water partition coefficient (Wildman–Crippen LogP) is 2.60. The minimum atomic E-state index is 0.361. The lowest BCUT2D eigenvalue weighted by Gasteiger charge is -2.20. The summed E-state index contributed by atoms with van der Waals surface area (Å²) in [6.07, 6.45) is 0. The zero-order valence-electron chi connectivity index (χ0n) is 9.41. The van der Waals surface area contributed by atoms with Crippen molar-refractivity contribution in [2.24, 2.45) is 5.92 Å². The lowest BCUT2D eigenvalue weighted by atomic mass is 10.1. The first kappa shape index (κ1) is 11.4. The van der Waals surface area contributed by atoms with Gasteiger partial charge in [-0.15, -0.1) is 0 Å². The topological polar surface area (TPSA) is 61.8 Å². The number of nitriles is 1. The zero-order chi connectivity index (χ0) is 11.4. The van der Waals surface area contributed by atoms with Gasteiger partial charge in [0, 0.05) is 6.04 Å². The number of nitrogens with one attached hydrogen (secondary N) is 1. The van der Waals surface area contributed by atoms with Gasteiger partial charge >= 0.3 is 0 Å². The Labute approximate surface area is 90.9 Å². The molecule has 0 aliphatic rings. The van der Waals surface area contributed by atoms with Crippen molar-refractivity contribution < 1.29 is 0 Å². The average molecular weight is 203 g/mol. The summed E-state index contributed by atoms with van der Waals surface area (Å²) < 4.78 is 0. The molecule has 80 valence electrons. The number of nitrogens with zero attached hydrogens (tertiary/aromatic N) is 1. The Morgan fingerprint density at radius 2 is 2.00 bits per heavy atom. The summed E-state index contributed by atoms with van der Waals surface area (Å²) in [5, 5.41) is 12.0. The van der Waals surface area contributed by atoms with Crippen LogP contribution in [0.5, 0.6) is 0 Å². The number of rotatable bonds is 3. The number of nitrogens with two attached hydrogens (primary N) is 1. The molecule has 3 heteroatoms. The second-order valence-corrected chi connectivity index (χ2v) is 4.09. The van der Waals surface area contributed by atoms with Crippen LogP contribution in [0.25, 0.3) is 0 Å². The fourth-order valence-corrected chi connectivity index (χ4v) is 1.18. The summed E-state index contributed by atoms with van der Waals surface area (Å²) in [6.45, 7) is 6.41. The summed E-state index contributed by atoms with van der Waals surface area (Å²) in [4.78, 5) is 0. The van der Waals surface area contributed by atoms with E-state index in [0.717, 1.165) is 5.69 Å². The molecule has 0 saturated carbocycles. The third kappa shape index (κ3) is 2.88. The normalized spacial score (nSPS) is 12.2. The van der Waals surface area contributed by atoms with Crippen molar-refractivity contribution in [3.8, 4) is 6.07 Å². The maximum atomic E-state index is 8.70. The maximum absolute atomic E-state index is 8.70. The molecule has 3 N–H and O–H groups in total. The molecule has 0 amide bonds. The molecule has 1 atom stereocenters. The van der Waals surface area contributed by atoms with Crippen LogP contribution in [0.15, 0.2) is 18.2 Å². The van der Waals surface area contributed by atoms with E-state index in [0.29, 0.717) is 23.2 Å². The first-order valence-corrected chi connectivity index (χ1v) is 5.10. The highest BCUT2D eigenvalue weighted by Crippen LogP contribution is 2.21. The molecule has 3 nitrogen and oxygen atoms in total. The molecular formula is C12H17N3. The monoisotopic (exact) mass is 203 g/mol. The molecule has 0 aliphatic carbocycles. The Kier molecular flexibility index (Phi) is 3.56. The highest BCUT2D eigenvalue weighted by molar-refractivity contribution is 5.68. The first-order chi connectivity index (χ1) is 7.04. The molecule has 1 aromatic rings. The Morgan fingerprint density at radius 1 is 1.33 bits per heavy atom. The van der Waals surface area contributed by atoms with E-state index in [1.165, 1.54) is 0 Å². The van der Waals surface area contributed by atoms with E-state index in [1.54, 1.807) is 12.1 Å². The van der Waals surface area contributed by atoms with E-state index in [1.807, 2.05) is 6.07 Å². The molecule has 0 radical (unpaired) electrons. The Hall–Kier alpha value is -1.69.